The monoisotopic (exact) mass is 1490 g/mol. The Morgan fingerprint density at radius 1 is 0.358 bits per heavy atom. The van der Waals surface area contributed by atoms with E-state index in [4.69, 9.17) is 10.0 Å². The third-order valence-corrected chi connectivity index (χ3v) is 18.2. The molecule has 3 aromatic carbocycles. The third kappa shape index (κ3) is 18.0. The van der Waals surface area contributed by atoms with Crippen LogP contribution >= 0.6 is 15.9 Å². The average molecular weight is 1490 g/mol. The topological polar surface area (TPSA) is 208 Å². The lowest BCUT2D eigenvalue weighted by molar-refractivity contribution is 0.151. The van der Waals surface area contributed by atoms with Gasteiger partial charge in [0, 0.05) is 137 Å². The van der Waals surface area contributed by atoms with Crippen molar-refractivity contribution in [3.8, 4) is 56.3 Å². The first-order valence-corrected chi connectivity index (χ1v) is 34.7. The number of hydrogen-bond donors (Lipinski definition) is 2. The van der Waals surface area contributed by atoms with Crippen LogP contribution in [0.4, 0.5) is 26.3 Å². The standard InChI is InChI=1S/2C27H23F2N5.C20H18BrN5.C7H7BF2O2/c2*1-17-10-22(15-30-13-17)25-18(2)11-19(14-32-25)6-7-23-27-33-16-24(34(27)9-8-31-23)20-4-3-5-21(12-20)26(28)29;1-13-7-16(11-22-9-13)19-14(2)8-15(10-24-19)3-4-17-20-25-12-18(21)26(20)6-5-23-17;9-7(10)5-2-1-3-6(4-5)8(11)12/h2*3-5,8-16,26H,6-7H2,1-2H3;5-12H,3-4H2,1-2H3;1-4,7,11-12H. The van der Waals surface area contributed by atoms with Crippen LogP contribution in [-0.4, -0.2) is 90.2 Å². The number of pyridine rings is 6. The molecule has 0 atom stereocenters. The molecule has 0 amide bonds. The summed E-state index contributed by atoms with van der Waals surface area (Å²) < 4.78 is 83.5. The van der Waals surface area contributed by atoms with Gasteiger partial charge in [-0.1, -0.05) is 78.9 Å². The van der Waals surface area contributed by atoms with E-state index in [2.05, 4.69) is 133 Å². The molecule has 106 heavy (non-hydrogen) atoms. The molecule has 0 radical (unpaired) electrons. The van der Waals surface area contributed by atoms with E-state index in [0.29, 0.717) is 24.0 Å². The highest BCUT2D eigenvalue weighted by Gasteiger charge is 2.19. The van der Waals surface area contributed by atoms with Crippen molar-refractivity contribution in [2.75, 3.05) is 0 Å². The van der Waals surface area contributed by atoms with Crippen LogP contribution in [0.25, 0.3) is 73.2 Å². The number of aryl methyl sites for hydroxylation is 12. The number of alkyl halides is 6. The van der Waals surface area contributed by atoms with E-state index in [0.717, 1.165) is 160 Å². The fourth-order valence-electron chi connectivity index (χ4n) is 12.4. The van der Waals surface area contributed by atoms with Gasteiger partial charge in [-0.05, 0) is 182 Å². The second-order valence-electron chi connectivity index (χ2n) is 25.5. The third-order valence-electron chi connectivity index (χ3n) is 17.6. The van der Waals surface area contributed by atoms with Gasteiger partial charge in [0.15, 0.2) is 16.9 Å². The van der Waals surface area contributed by atoms with E-state index in [1.54, 1.807) is 43.1 Å². The highest BCUT2D eigenvalue weighted by Crippen LogP contribution is 2.32. The summed E-state index contributed by atoms with van der Waals surface area (Å²) in [5.74, 6) is 0. The van der Waals surface area contributed by atoms with Crippen LogP contribution in [0.3, 0.4) is 0 Å². The van der Waals surface area contributed by atoms with Gasteiger partial charge < -0.3 is 10.0 Å². The molecule has 0 saturated heterocycles. The molecule has 0 spiro atoms. The molecule has 2 N–H and O–H groups in total. The Morgan fingerprint density at radius 2 is 0.708 bits per heavy atom. The Balaban J connectivity index is 0.000000139. The number of benzene rings is 3. The molecular weight excluding hydrogens is 1420 g/mol. The fourth-order valence-corrected chi connectivity index (χ4v) is 12.8. The molecule has 12 heterocycles. The number of nitrogens with zero attached hydrogens (tertiary/aromatic N) is 15. The van der Waals surface area contributed by atoms with Gasteiger partial charge >= 0.3 is 7.12 Å². The fraction of sp³-hybridized carbons (Fsp3) is 0.185. The first-order chi connectivity index (χ1) is 51.2. The van der Waals surface area contributed by atoms with E-state index < -0.39 is 26.4 Å². The number of imidazole rings is 3. The Bertz CT molecular complexity index is 5330. The zero-order valence-corrected chi connectivity index (χ0v) is 60.2. The molecule has 0 fully saturated rings. The molecule has 0 saturated carbocycles. The minimum atomic E-state index is -2.58. The molecule has 25 heteroatoms. The maximum atomic E-state index is 13.2. The Morgan fingerprint density at radius 3 is 1.07 bits per heavy atom. The van der Waals surface area contributed by atoms with E-state index in [-0.39, 0.29) is 22.2 Å². The van der Waals surface area contributed by atoms with Crippen molar-refractivity contribution < 1.29 is 36.4 Å². The van der Waals surface area contributed by atoms with Crippen molar-refractivity contribution in [2.24, 2.45) is 0 Å². The summed E-state index contributed by atoms with van der Waals surface area (Å²) in [6, 6.07) is 30.6. The molecule has 17 nitrogen and oxygen atoms in total. The molecule has 12 aromatic heterocycles. The lowest BCUT2D eigenvalue weighted by Crippen LogP contribution is -2.29. The zero-order chi connectivity index (χ0) is 74.5. The smallest absolute Gasteiger partial charge is 0.423 e. The number of halogens is 7. The molecule has 0 aliphatic rings. The summed E-state index contributed by atoms with van der Waals surface area (Å²) in [6.45, 7) is 12.3. The summed E-state index contributed by atoms with van der Waals surface area (Å²) >= 11 is 3.50. The second-order valence-corrected chi connectivity index (χ2v) is 26.4. The van der Waals surface area contributed by atoms with Crippen LogP contribution in [0.15, 0.2) is 225 Å². The van der Waals surface area contributed by atoms with Gasteiger partial charge in [0.2, 0.25) is 0 Å². The molecule has 0 aliphatic carbocycles. The lowest BCUT2D eigenvalue weighted by atomic mass is 9.80. The van der Waals surface area contributed by atoms with Gasteiger partial charge in [0.25, 0.3) is 19.3 Å². The van der Waals surface area contributed by atoms with Crippen molar-refractivity contribution in [1.82, 2.24) is 73.0 Å². The Labute approximate surface area is 616 Å². The molecule has 15 rings (SSSR count). The van der Waals surface area contributed by atoms with Crippen LogP contribution in [-0.2, 0) is 38.5 Å². The molecular formula is C81H71BBrF6N15O2. The predicted octanol–water partition coefficient (Wildman–Crippen LogP) is 17.0. The van der Waals surface area contributed by atoms with Gasteiger partial charge in [-0.15, -0.1) is 0 Å². The van der Waals surface area contributed by atoms with Crippen LogP contribution in [0.5, 0.6) is 0 Å². The van der Waals surface area contributed by atoms with E-state index in [1.807, 2.05) is 127 Å². The normalized spacial score (nSPS) is 11.3. The van der Waals surface area contributed by atoms with Gasteiger partial charge in [-0.3, -0.25) is 58.1 Å². The van der Waals surface area contributed by atoms with Crippen LogP contribution in [0.2, 0.25) is 0 Å². The van der Waals surface area contributed by atoms with Crippen molar-refractivity contribution in [3.63, 3.8) is 0 Å². The second kappa shape index (κ2) is 33.9. The van der Waals surface area contributed by atoms with E-state index >= 15 is 0 Å². The summed E-state index contributed by atoms with van der Waals surface area (Å²) in [5, 5.41) is 17.3. The number of aromatic nitrogens is 15. The zero-order valence-electron chi connectivity index (χ0n) is 58.6. The number of rotatable bonds is 18. The molecule has 15 aromatic rings. The van der Waals surface area contributed by atoms with Crippen molar-refractivity contribution in [3.05, 3.63) is 309 Å². The van der Waals surface area contributed by atoms with Crippen molar-refractivity contribution in [1.29, 1.82) is 0 Å². The quantitative estimate of drug-likeness (QED) is 0.0605. The maximum Gasteiger partial charge on any atom is 0.488 e. The van der Waals surface area contributed by atoms with Crippen LogP contribution < -0.4 is 5.46 Å². The molecule has 0 unspecified atom stereocenters. The summed E-state index contributed by atoms with van der Waals surface area (Å²) in [4.78, 5) is 54.0. The van der Waals surface area contributed by atoms with Gasteiger partial charge in [0.05, 0.1) is 64.1 Å². The minimum absolute atomic E-state index is 0.00510. The number of hydrogen-bond acceptors (Lipinski definition) is 14. The van der Waals surface area contributed by atoms with Crippen molar-refractivity contribution in [2.45, 2.75) is 99.3 Å². The largest absolute Gasteiger partial charge is 0.488 e. The average Bonchev–Trinajstić information content (AvgIpc) is 1.64. The van der Waals surface area contributed by atoms with Gasteiger partial charge in [0.1, 0.15) is 4.60 Å². The summed E-state index contributed by atoms with van der Waals surface area (Å²) in [7, 11) is -1.69. The first kappa shape index (κ1) is 74.2. The molecule has 0 bridgehead atoms. The summed E-state index contributed by atoms with van der Waals surface area (Å²) in [5.41, 5.74) is 23.9. The SMILES string of the molecule is Cc1cncc(-c2ncc(CCc3nccn4c(-c5cccc(C(F)F)c5)cnc34)cc2C)c1.Cc1cncc(-c2ncc(CCc3nccn4c(-c5cccc(C(F)F)c5)cnc34)cc2C)c1.Cc1cncc(-c2ncc(CCc3nccn4c(Br)cnc34)cc2C)c1.OB(O)c1cccc(C(F)F)c1. The summed E-state index contributed by atoms with van der Waals surface area (Å²) in [6.07, 6.45) is 29.8. The molecule has 0 aliphatic heterocycles. The van der Waals surface area contributed by atoms with E-state index in [9.17, 15) is 26.3 Å². The van der Waals surface area contributed by atoms with Crippen molar-refractivity contribution >= 4 is 45.5 Å². The van der Waals surface area contributed by atoms with E-state index in [1.165, 1.54) is 48.0 Å². The first-order valence-electron chi connectivity index (χ1n) is 33.9. The van der Waals surface area contributed by atoms with Gasteiger partial charge in [-0.25, -0.2) is 41.3 Å². The highest BCUT2D eigenvalue weighted by atomic mass is 79.9. The highest BCUT2D eigenvalue weighted by molar-refractivity contribution is 9.10. The Hall–Kier alpha value is -11.5. The predicted molar refractivity (Wildman–Crippen MR) is 402 cm³/mol. The number of fused-ring (bicyclic) bond motifs is 3. The molecule has 534 valence electrons. The Kier molecular flexibility index (Phi) is 23.7. The van der Waals surface area contributed by atoms with Crippen LogP contribution in [0.1, 0.15) is 103 Å². The minimum Gasteiger partial charge on any atom is -0.423 e. The lowest BCUT2D eigenvalue weighted by Gasteiger charge is -2.09. The van der Waals surface area contributed by atoms with Gasteiger partial charge in [-0.2, -0.15) is 0 Å². The van der Waals surface area contributed by atoms with Crippen LogP contribution in [0, 0.1) is 41.5 Å². The maximum absolute atomic E-state index is 13.2.